The van der Waals surface area contributed by atoms with Gasteiger partial charge >= 0.3 is 6.03 Å². The average molecular weight is 307 g/mol. The van der Waals surface area contributed by atoms with Crippen molar-refractivity contribution < 1.29 is 9.32 Å². The number of carbonyl (C=O) groups is 1. The highest BCUT2D eigenvalue weighted by molar-refractivity contribution is 7.07. The molecule has 0 aliphatic rings. The van der Waals surface area contributed by atoms with Crippen LogP contribution < -0.4 is 10.6 Å². The van der Waals surface area contributed by atoms with E-state index in [9.17, 15) is 4.79 Å². The van der Waals surface area contributed by atoms with E-state index in [1.54, 1.807) is 11.3 Å². The molecule has 2 aromatic rings. The Morgan fingerprint density at radius 1 is 1.48 bits per heavy atom. The molecule has 0 radical (unpaired) electrons. The summed E-state index contributed by atoms with van der Waals surface area (Å²) in [5.41, 5.74) is 3.06. The maximum Gasteiger partial charge on any atom is 0.315 e. The Morgan fingerprint density at radius 2 is 2.29 bits per heavy atom. The predicted octanol–water partition coefficient (Wildman–Crippen LogP) is 3.35. The zero-order chi connectivity index (χ0) is 15.2. The molecule has 0 saturated carbocycles. The van der Waals surface area contributed by atoms with Crippen molar-refractivity contribution in [3.8, 4) is 0 Å². The molecule has 0 saturated heterocycles. The van der Waals surface area contributed by atoms with Gasteiger partial charge in [0.1, 0.15) is 5.76 Å². The van der Waals surface area contributed by atoms with Gasteiger partial charge in [-0.05, 0) is 49.1 Å². The van der Waals surface area contributed by atoms with Gasteiger partial charge in [0.15, 0.2) is 0 Å². The molecule has 0 aliphatic heterocycles. The number of amides is 2. The Balaban J connectivity index is 1.85. The summed E-state index contributed by atoms with van der Waals surface area (Å²) in [6, 6.07) is 1.85. The van der Waals surface area contributed by atoms with Crippen LogP contribution in [0.2, 0.25) is 0 Å². The topological polar surface area (TPSA) is 67.2 Å². The standard InChI is InChI=1S/C15H21N3O2S/c1-4-13(14-10(2)18-20-11(14)3)17-15(19)16-7-5-12-6-8-21-9-12/h6,8-9,13H,4-5,7H2,1-3H3,(H2,16,17,19). The lowest BCUT2D eigenvalue weighted by atomic mass is 10.0. The van der Waals surface area contributed by atoms with Crippen LogP contribution in [0, 0.1) is 13.8 Å². The van der Waals surface area contributed by atoms with Crippen LogP contribution in [0.25, 0.3) is 0 Å². The number of nitrogens with zero attached hydrogens (tertiary/aromatic N) is 1. The second-order valence-electron chi connectivity index (χ2n) is 4.98. The van der Waals surface area contributed by atoms with E-state index >= 15 is 0 Å². The fraction of sp³-hybridized carbons (Fsp3) is 0.467. The van der Waals surface area contributed by atoms with Crippen molar-refractivity contribution in [1.82, 2.24) is 15.8 Å². The van der Waals surface area contributed by atoms with Crippen LogP contribution in [0.15, 0.2) is 21.3 Å². The van der Waals surface area contributed by atoms with Crippen molar-refractivity contribution in [1.29, 1.82) is 0 Å². The molecular weight excluding hydrogens is 286 g/mol. The highest BCUT2D eigenvalue weighted by Crippen LogP contribution is 2.23. The minimum absolute atomic E-state index is 0.0719. The van der Waals surface area contributed by atoms with Gasteiger partial charge in [-0.15, -0.1) is 0 Å². The Morgan fingerprint density at radius 3 is 2.86 bits per heavy atom. The molecule has 2 aromatic heterocycles. The zero-order valence-corrected chi connectivity index (χ0v) is 13.4. The lowest BCUT2D eigenvalue weighted by Crippen LogP contribution is -2.39. The molecule has 0 aliphatic carbocycles. The third kappa shape index (κ3) is 4.07. The van der Waals surface area contributed by atoms with E-state index in [2.05, 4.69) is 27.2 Å². The molecule has 0 bridgehead atoms. The summed E-state index contributed by atoms with van der Waals surface area (Å²) < 4.78 is 5.17. The molecule has 5 nitrogen and oxygen atoms in total. The minimum atomic E-state index is -0.155. The Labute approximate surface area is 128 Å². The third-order valence-electron chi connectivity index (χ3n) is 3.43. The summed E-state index contributed by atoms with van der Waals surface area (Å²) in [5, 5.41) is 14.0. The number of rotatable bonds is 6. The van der Waals surface area contributed by atoms with Gasteiger partial charge < -0.3 is 15.2 Å². The molecular formula is C15H21N3O2S. The summed E-state index contributed by atoms with van der Waals surface area (Å²) in [7, 11) is 0. The maximum absolute atomic E-state index is 12.0. The second-order valence-corrected chi connectivity index (χ2v) is 5.76. The quantitative estimate of drug-likeness (QED) is 0.860. The smallest absolute Gasteiger partial charge is 0.315 e. The van der Waals surface area contributed by atoms with Crippen molar-refractivity contribution in [3.63, 3.8) is 0 Å². The maximum atomic E-state index is 12.0. The minimum Gasteiger partial charge on any atom is -0.361 e. The molecule has 6 heteroatoms. The number of aryl methyl sites for hydroxylation is 2. The summed E-state index contributed by atoms with van der Waals surface area (Å²) in [5.74, 6) is 0.762. The van der Waals surface area contributed by atoms with Gasteiger partial charge in [0, 0.05) is 12.1 Å². The van der Waals surface area contributed by atoms with Crippen LogP contribution >= 0.6 is 11.3 Å². The van der Waals surface area contributed by atoms with E-state index in [1.165, 1.54) is 5.56 Å². The Bertz CT molecular complexity index is 558. The van der Waals surface area contributed by atoms with Crippen LogP contribution in [0.1, 0.15) is 42.0 Å². The van der Waals surface area contributed by atoms with E-state index in [-0.39, 0.29) is 12.1 Å². The lowest BCUT2D eigenvalue weighted by Gasteiger charge is -2.17. The number of hydrogen-bond donors (Lipinski definition) is 2. The third-order valence-corrected chi connectivity index (χ3v) is 4.16. The molecule has 1 atom stereocenters. The number of carbonyl (C=O) groups excluding carboxylic acids is 1. The van der Waals surface area contributed by atoms with Gasteiger partial charge in [-0.25, -0.2) is 4.79 Å². The van der Waals surface area contributed by atoms with Crippen molar-refractivity contribution >= 4 is 17.4 Å². The van der Waals surface area contributed by atoms with E-state index in [4.69, 9.17) is 4.52 Å². The molecule has 1 unspecified atom stereocenters. The van der Waals surface area contributed by atoms with Crippen molar-refractivity contribution in [2.24, 2.45) is 0 Å². The molecule has 2 N–H and O–H groups in total. The van der Waals surface area contributed by atoms with Gasteiger partial charge in [-0.3, -0.25) is 0 Å². The molecule has 0 fully saturated rings. The van der Waals surface area contributed by atoms with Gasteiger partial charge in [0.05, 0.1) is 11.7 Å². The number of nitrogens with one attached hydrogen (secondary N) is 2. The van der Waals surface area contributed by atoms with E-state index in [1.807, 2.05) is 26.2 Å². The van der Waals surface area contributed by atoms with Crippen LogP contribution in [0.4, 0.5) is 4.79 Å². The van der Waals surface area contributed by atoms with E-state index < -0.39 is 0 Å². The van der Waals surface area contributed by atoms with Gasteiger partial charge in [-0.2, -0.15) is 11.3 Å². The van der Waals surface area contributed by atoms with Crippen LogP contribution in [-0.4, -0.2) is 17.7 Å². The number of urea groups is 1. The summed E-state index contributed by atoms with van der Waals surface area (Å²) in [6.07, 6.45) is 1.64. The van der Waals surface area contributed by atoms with Crippen molar-refractivity contribution in [2.45, 2.75) is 39.7 Å². The largest absolute Gasteiger partial charge is 0.361 e. The predicted molar refractivity (Wildman–Crippen MR) is 83.6 cm³/mol. The lowest BCUT2D eigenvalue weighted by molar-refractivity contribution is 0.236. The number of aromatic nitrogens is 1. The van der Waals surface area contributed by atoms with Crippen LogP contribution in [-0.2, 0) is 6.42 Å². The first-order chi connectivity index (χ1) is 10.1. The van der Waals surface area contributed by atoms with Crippen molar-refractivity contribution in [3.05, 3.63) is 39.4 Å². The molecule has 2 amide bonds. The highest BCUT2D eigenvalue weighted by Gasteiger charge is 2.20. The zero-order valence-electron chi connectivity index (χ0n) is 12.6. The van der Waals surface area contributed by atoms with Crippen LogP contribution in [0.5, 0.6) is 0 Å². The fourth-order valence-corrected chi connectivity index (χ4v) is 3.03. The first-order valence-electron chi connectivity index (χ1n) is 7.10. The highest BCUT2D eigenvalue weighted by atomic mass is 32.1. The Kier molecular flexibility index (Phi) is 5.38. The normalized spacial score (nSPS) is 12.1. The monoisotopic (exact) mass is 307 g/mol. The Hall–Kier alpha value is -1.82. The second kappa shape index (κ2) is 7.26. The first-order valence-corrected chi connectivity index (χ1v) is 8.04. The molecule has 2 heterocycles. The van der Waals surface area contributed by atoms with Gasteiger partial charge in [-0.1, -0.05) is 12.1 Å². The van der Waals surface area contributed by atoms with Gasteiger partial charge in [0.25, 0.3) is 0 Å². The first kappa shape index (κ1) is 15.6. The fourth-order valence-electron chi connectivity index (χ4n) is 2.33. The van der Waals surface area contributed by atoms with Crippen LogP contribution in [0.3, 0.4) is 0 Å². The molecule has 2 rings (SSSR count). The SMILES string of the molecule is CCC(NC(=O)NCCc1ccsc1)c1c(C)noc1C. The molecule has 0 aromatic carbocycles. The number of thiophene rings is 1. The van der Waals surface area contributed by atoms with Gasteiger partial charge in [0.2, 0.25) is 0 Å². The number of hydrogen-bond acceptors (Lipinski definition) is 4. The molecule has 0 spiro atoms. The average Bonchev–Trinajstić information content (AvgIpc) is 3.07. The van der Waals surface area contributed by atoms with E-state index in [0.29, 0.717) is 6.54 Å². The summed E-state index contributed by atoms with van der Waals surface area (Å²) >= 11 is 1.67. The molecule has 114 valence electrons. The summed E-state index contributed by atoms with van der Waals surface area (Å²) in [4.78, 5) is 12.0. The van der Waals surface area contributed by atoms with Crippen molar-refractivity contribution in [2.75, 3.05) is 6.54 Å². The van der Waals surface area contributed by atoms with E-state index in [0.717, 1.165) is 29.9 Å². The summed E-state index contributed by atoms with van der Waals surface area (Å²) in [6.45, 7) is 6.42. The molecule has 21 heavy (non-hydrogen) atoms.